The van der Waals surface area contributed by atoms with Crippen LogP contribution >= 0.6 is 0 Å². The minimum absolute atomic E-state index is 0.173. The summed E-state index contributed by atoms with van der Waals surface area (Å²) >= 11 is 0. The minimum Gasteiger partial charge on any atom is -0.493 e. The molecule has 0 aromatic heterocycles. The first kappa shape index (κ1) is 29.3. The largest absolute Gasteiger partial charge is 0.524 e. The molecular formula is C26H37NO8Si. The van der Waals surface area contributed by atoms with Gasteiger partial charge in [0.15, 0.2) is 0 Å². The van der Waals surface area contributed by atoms with E-state index in [1.165, 1.54) is 0 Å². The van der Waals surface area contributed by atoms with E-state index in [-0.39, 0.29) is 6.61 Å². The Balaban J connectivity index is 1.92. The molecule has 0 saturated heterocycles. The van der Waals surface area contributed by atoms with E-state index in [0.29, 0.717) is 45.0 Å². The van der Waals surface area contributed by atoms with Gasteiger partial charge in [0.05, 0.1) is 13.2 Å². The SMILES string of the molecule is CCO[Si](OCC)(OCC)C(CC)NC(=O)OCCCOc1ccc(/C=C/C(=O)O)c2ccccc12. The van der Waals surface area contributed by atoms with Crippen molar-refractivity contribution in [3.8, 4) is 5.75 Å². The number of amides is 1. The van der Waals surface area contributed by atoms with Crippen LogP contribution in [-0.4, -0.2) is 64.7 Å². The Morgan fingerprint density at radius 2 is 1.58 bits per heavy atom. The highest BCUT2D eigenvalue weighted by Gasteiger charge is 2.49. The molecule has 9 nitrogen and oxygen atoms in total. The summed E-state index contributed by atoms with van der Waals surface area (Å²) < 4.78 is 29.0. The Labute approximate surface area is 213 Å². The molecule has 2 N–H and O–H groups in total. The molecule has 198 valence electrons. The Kier molecular flexibility index (Phi) is 12.4. The molecule has 2 aromatic rings. The number of carboxylic acid groups (broad SMARTS) is 1. The molecule has 0 aliphatic heterocycles. The average molecular weight is 520 g/mol. The third-order valence-electron chi connectivity index (χ3n) is 5.27. The monoisotopic (exact) mass is 519 g/mol. The molecule has 1 unspecified atom stereocenters. The van der Waals surface area contributed by atoms with E-state index in [4.69, 9.17) is 27.9 Å². The molecule has 1 amide bonds. The summed E-state index contributed by atoms with van der Waals surface area (Å²) in [5, 5.41) is 13.5. The van der Waals surface area contributed by atoms with Crippen molar-refractivity contribution in [2.45, 2.75) is 46.2 Å². The van der Waals surface area contributed by atoms with Crippen LogP contribution in [0.4, 0.5) is 4.79 Å². The number of hydrogen-bond donors (Lipinski definition) is 2. The number of ether oxygens (including phenoxy) is 2. The zero-order valence-electron chi connectivity index (χ0n) is 21.5. The normalized spacial score (nSPS) is 12.6. The van der Waals surface area contributed by atoms with Crippen LogP contribution in [0.5, 0.6) is 5.75 Å². The summed E-state index contributed by atoms with van der Waals surface area (Å²) in [5.74, 6) is -0.329. The van der Waals surface area contributed by atoms with Crippen molar-refractivity contribution in [2.75, 3.05) is 33.0 Å². The fourth-order valence-corrected chi connectivity index (χ4v) is 6.64. The first-order valence-corrected chi connectivity index (χ1v) is 14.1. The number of fused-ring (bicyclic) bond motifs is 1. The maximum Gasteiger partial charge on any atom is 0.524 e. The third kappa shape index (κ3) is 8.33. The molecule has 0 heterocycles. The Hall–Kier alpha value is -2.92. The van der Waals surface area contributed by atoms with Crippen molar-refractivity contribution < 1.29 is 37.4 Å². The molecule has 0 saturated carbocycles. The molecule has 10 heteroatoms. The number of rotatable bonds is 16. The lowest BCUT2D eigenvalue weighted by Gasteiger charge is -2.34. The molecule has 0 radical (unpaired) electrons. The molecule has 36 heavy (non-hydrogen) atoms. The van der Waals surface area contributed by atoms with Crippen molar-refractivity contribution in [3.63, 3.8) is 0 Å². The number of hydrogen-bond acceptors (Lipinski definition) is 7. The second-order valence-corrected chi connectivity index (χ2v) is 10.5. The summed E-state index contributed by atoms with van der Waals surface area (Å²) in [7, 11) is -3.10. The van der Waals surface area contributed by atoms with Gasteiger partial charge in [0.2, 0.25) is 0 Å². The van der Waals surface area contributed by atoms with Crippen LogP contribution in [0.3, 0.4) is 0 Å². The second kappa shape index (κ2) is 15.2. The van der Waals surface area contributed by atoms with Crippen LogP contribution in [0.2, 0.25) is 0 Å². The number of nitrogens with one attached hydrogen (secondary N) is 1. The van der Waals surface area contributed by atoms with Crippen molar-refractivity contribution in [1.82, 2.24) is 5.32 Å². The van der Waals surface area contributed by atoms with Gasteiger partial charge in [0.1, 0.15) is 11.4 Å². The number of carboxylic acids is 1. The van der Waals surface area contributed by atoms with E-state index < -0.39 is 26.5 Å². The zero-order valence-corrected chi connectivity index (χ0v) is 22.5. The Bertz CT molecular complexity index is 996. The first-order valence-electron chi connectivity index (χ1n) is 12.3. The second-order valence-electron chi connectivity index (χ2n) is 7.72. The third-order valence-corrected chi connectivity index (χ3v) is 8.75. The topological polar surface area (TPSA) is 113 Å². The van der Waals surface area contributed by atoms with Gasteiger partial charge in [-0.1, -0.05) is 37.3 Å². The Morgan fingerprint density at radius 3 is 2.17 bits per heavy atom. The first-order chi connectivity index (χ1) is 17.4. The van der Waals surface area contributed by atoms with Crippen molar-refractivity contribution in [3.05, 3.63) is 48.0 Å². The maximum atomic E-state index is 12.5. The highest BCUT2D eigenvalue weighted by molar-refractivity contribution is 6.62. The van der Waals surface area contributed by atoms with Gasteiger partial charge in [-0.2, -0.15) is 0 Å². The van der Waals surface area contributed by atoms with Gasteiger partial charge in [0, 0.05) is 37.7 Å². The van der Waals surface area contributed by atoms with E-state index in [1.807, 2.05) is 64.1 Å². The number of alkyl carbamates (subject to hydrolysis) is 1. The van der Waals surface area contributed by atoms with Gasteiger partial charge < -0.3 is 33.2 Å². The summed E-state index contributed by atoms with van der Waals surface area (Å²) in [6.07, 6.45) is 3.18. The molecule has 1 atom stereocenters. The van der Waals surface area contributed by atoms with Crippen LogP contribution in [-0.2, 0) is 22.8 Å². The lowest BCUT2D eigenvalue weighted by Crippen LogP contribution is -2.62. The number of aliphatic carboxylic acids is 1. The molecule has 0 aliphatic carbocycles. The summed E-state index contributed by atoms with van der Waals surface area (Å²) in [6.45, 7) is 9.31. The van der Waals surface area contributed by atoms with Gasteiger partial charge >= 0.3 is 20.9 Å². The average Bonchev–Trinajstić information content (AvgIpc) is 2.86. The predicted octanol–water partition coefficient (Wildman–Crippen LogP) is 4.80. The summed E-state index contributed by atoms with van der Waals surface area (Å²) in [6, 6.07) is 11.2. The minimum atomic E-state index is -3.10. The van der Waals surface area contributed by atoms with E-state index in [9.17, 15) is 9.59 Å². The van der Waals surface area contributed by atoms with Crippen molar-refractivity contribution in [1.29, 1.82) is 0 Å². The van der Waals surface area contributed by atoms with Crippen LogP contribution in [0.25, 0.3) is 16.8 Å². The smallest absolute Gasteiger partial charge is 0.493 e. The van der Waals surface area contributed by atoms with Crippen molar-refractivity contribution >= 4 is 37.7 Å². The quantitative estimate of drug-likeness (QED) is 0.185. The van der Waals surface area contributed by atoms with E-state index in [2.05, 4.69) is 5.32 Å². The van der Waals surface area contributed by atoms with Crippen LogP contribution in [0.15, 0.2) is 42.5 Å². The molecule has 0 spiro atoms. The van der Waals surface area contributed by atoms with Crippen molar-refractivity contribution in [2.24, 2.45) is 0 Å². The predicted molar refractivity (Wildman–Crippen MR) is 140 cm³/mol. The highest BCUT2D eigenvalue weighted by Crippen LogP contribution is 2.29. The summed E-state index contributed by atoms with van der Waals surface area (Å²) in [4.78, 5) is 23.3. The van der Waals surface area contributed by atoms with Gasteiger partial charge in [0.25, 0.3) is 0 Å². The number of benzene rings is 2. The molecule has 0 bridgehead atoms. The molecular weight excluding hydrogens is 482 g/mol. The number of carbonyl (C=O) groups is 2. The van der Waals surface area contributed by atoms with Gasteiger partial charge in [-0.05, 0) is 50.3 Å². The van der Waals surface area contributed by atoms with E-state index in [1.54, 1.807) is 6.08 Å². The standard InChI is InChI=1S/C26H37NO8Si/c1-5-24(36(33-6-2,34-7-3)35-8-4)27-26(30)32-19-11-18-31-23-16-14-20(15-17-25(28)29)21-12-9-10-13-22(21)23/h9-10,12-17,24H,5-8,11,18-19H2,1-4H3,(H,27,30)(H,28,29)/b17-15+. The lowest BCUT2D eigenvalue weighted by molar-refractivity contribution is -0.131. The molecule has 0 fully saturated rings. The lowest BCUT2D eigenvalue weighted by atomic mass is 10.0. The van der Waals surface area contributed by atoms with Gasteiger partial charge in [-0.3, -0.25) is 0 Å². The molecule has 0 aliphatic rings. The maximum absolute atomic E-state index is 12.5. The van der Waals surface area contributed by atoms with Crippen LogP contribution < -0.4 is 10.1 Å². The Morgan fingerprint density at radius 1 is 0.944 bits per heavy atom. The van der Waals surface area contributed by atoms with Crippen LogP contribution in [0.1, 0.15) is 46.1 Å². The fourth-order valence-electron chi connectivity index (χ4n) is 3.79. The fraction of sp³-hybridized carbons (Fsp3) is 0.462. The van der Waals surface area contributed by atoms with Crippen LogP contribution in [0, 0.1) is 0 Å². The van der Waals surface area contributed by atoms with E-state index >= 15 is 0 Å². The molecule has 2 aromatic carbocycles. The highest BCUT2D eigenvalue weighted by atomic mass is 28.4. The van der Waals surface area contributed by atoms with Gasteiger partial charge in [-0.15, -0.1) is 0 Å². The zero-order chi connectivity index (χ0) is 26.4. The number of carbonyl (C=O) groups excluding carboxylic acids is 1. The molecule has 2 rings (SSSR count). The summed E-state index contributed by atoms with van der Waals surface area (Å²) in [5.41, 5.74) is 0.373. The van der Waals surface area contributed by atoms with Gasteiger partial charge in [-0.25, -0.2) is 9.59 Å². The van der Waals surface area contributed by atoms with E-state index in [0.717, 1.165) is 22.4 Å².